The molecule has 2 aliphatic rings. The fraction of sp³-hybridized carbons (Fsp3) is 0.391. The number of tetrazole rings is 1. The highest BCUT2D eigenvalue weighted by atomic mass is 35.5. The van der Waals surface area contributed by atoms with Crippen molar-refractivity contribution in [2.75, 3.05) is 26.2 Å². The molecule has 0 N–H and O–H groups in total. The van der Waals surface area contributed by atoms with Crippen LogP contribution in [0.4, 0.5) is 0 Å². The third-order valence-electron chi connectivity index (χ3n) is 5.19. The first-order chi connectivity index (χ1) is 16.1. The number of hydrogen-bond donors (Lipinski definition) is 0. The number of benzene rings is 1. The number of piperazine rings is 1. The Kier molecular flexibility index (Phi) is 6.52. The Balaban J connectivity index is 1.36. The van der Waals surface area contributed by atoms with Crippen LogP contribution in [0.2, 0.25) is 0 Å². The molecule has 0 radical (unpaired) electrons. The van der Waals surface area contributed by atoms with Crippen LogP contribution < -0.4 is 0 Å². The van der Waals surface area contributed by atoms with E-state index in [9.17, 15) is 4.79 Å². The predicted molar refractivity (Wildman–Crippen MR) is 130 cm³/mol. The van der Waals surface area contributed by atoms with Crippen molar-refractivity contribution in [3.63, 3.8) is 0 Å². The van der Waals surface area contributed by atoms with Gasteiger partial charge in [-0.3, -0.25) is 4.79 Å². The molecule has 0 bridgehead atoms. The van der Waals surface area contributed by atoms with Crippen LogP contribution in [0.15, 0.2) is 58.3 Å². The van der Waals surface area contributed by atoms with Crippen molar-refractivity contribution in [1.82, 2.24) is 30.0 Å². The number of hydrogen-bond acceptors (Lipinski definition) is 7. The molecule has 0 aliphatic carbocycles. The Hall–Kier alpha value is -3.53. The fourth-order valence-corrected chi connectivity index (χ4v) is 3.64. The van der Waals surface area contributed by atoms with E-state index in [-0.39, 0.29) is 16.5 Å². The first-order valence-corrected chi connectivity index (χ1v) is 11.3. The second kappa shape index (κ2) is 9.38. The Labute approximate surface area is 203 Å². The minimum Gasteiger partial charge on any atom is -0.422 e. The number of halogens is 1. The van der Waals surface area contributed by atoms with Crippen molar-refractivity contribution in [2.45, 2.75) is 27.3 Å². The quantitative estimate of drug-likeness (QED) is 0.620. The molecule has 1 amide bonds. The molecule has 3 heterocycles. The van der Waals surface area contributed by atoms with E-state index in [0.29, 0.717) is 61.7 Å². The minimum absolute atomic E-state index is 0.0325. The molecule has 0 saturated carbocycles. The second-order valence-electron chi connectivity index (χ2n) is 9.29. The summed E-state index contributed by atoms with van der Waals surface area (Å²) in [7, 11) is 0. The van der Waals surface area contributed by atoms with Crippen LogP contribution in [-0.2, 0) is 11.3 Å². The molecule has 11 heteroatoms. The standard InChI is InChI=1S/C23H27ClN8O2/c1-15-19(25-16(2)24)26-22(34-15)31-12-10-30(11-13-31)21(33)18-8-6-17(7-9-18)20-27-29-32(28-20)14-23(3,4)5/h6-9H,1-2,10-14H2,3-5H3/b25-19+. The van der Waals surface area contributed by atoms with Crippen molar-refractivity contribution >= 4 is 29.4 Å². The number of carbonyl (C=O) groups excluding carboxylic acids is 1. The molecule has 0 spiro atoms. The Morgan fingerprint density at radius 1 is 1.18 bits per heavy atom. The molecule has 2 aliphatic heterocycles. The zero-order valence-corrected chi connectivity index (χ0v) is 20.3. The number of ether oxygens (including phenoxy) is 1. The maximum absolute atomic E-state index is 13.0. The predicted octanol–water partition coefficient (Wildman–Crippen LogP) is 3.15. The normalized spacial score (nSPS) is 17.7. The topological polar surface area (TPSA) is 101 Å². The van der Waals surface area contributed by atoms with E-state index in [1.807, 2.05) is 21.9 Å². The summed E-state index contributed by atoms with van der Waals surface area (Å²) in [4.78, 5) is 26.7. The highest BCUT2D eigenvalue weighted by Gasteiger charge is 2.29. The van der Waals surface area contributed by atoms with Gasteiger partial charge in [-0.15, -0.1) is 10.2 Å². The van der Waals surface area contributed by atoms with Gasteiger partial charge in [0.2, 0.25) is 11.7 Å². The summed E-state index contributed by atoms with van der Waals surface area (Å²) in [5, 5.41) is 12.8. The van der Waals surface area contributed by atoms with Gasteiger partial charge < -0.3 is 14.5 Å². The Morgan fingerprint density at radius 3 is 2.47 bits per heavy atom. The number of amides is 1. The summed E-state index contributed by atoms with van der Waals surface area (Å²) >= 11 is 5.72. The van der Waals surface area contributed by atoms with Gasteiger partial charge in [-0.25, -0.2) is 4.99 Å². The van der Waals surface area contributed by atoms with E-state index in [4.69, 9.17) is 16.3 Å². The molecule has 1 aromatic carbocycles. The molecule has 0 atom stereocenters. The first-order valence-electron chi connectivity index (χ1n) is 10.9. The maximum Gasteiger partial charge on any atom is 0.300 e. The molecule has 4 rings (SSSR count). The monoisotopic (exact) mass is 482 g/mol. The van der Waals surface area contributed by atoms with Crippen LogP contribution >= 0.6 is 11.6 Å². The average Bonchev–Trinajstić information content (AvgIpc) is 3.38. The number of carbonyl (C=O) groups is 1. The summed E-state index contributed by atoms with van der Waals surface area (Å²) in [6, 6.07) is 7.69. The summed E-state index contributed by atoms with van der Waals surface area (Å²) < 4.78 is 5.61. The highest BCUT2D eigenvalue weighted by Crippen LogP contribution is 2.20. The van der Waals surface area contributed by atoms with Gasteiger partial charge in [0.05, 0.1) is 6.54 Å². The molecule has 2 aromatic rings. The molecular weight excluding hydrogens is 456 g/mol. The van der Waals surface area contributed by atoms with Gasteiger partial charge in [0.15, 0.2) is 5.76 Å². The number of aromatic nitrogens is 4. The van der Waals surface area contributed by atoms with Crippen molar-refractivity contribution < 1.29 is 9.53 Å². The maximum atomic E-state index is 13.0. The third kappa shape index (κ3) is 5.51. The van der Waals surface area contributed by atoms with Gasteiger partial charge >= 0.3 is 0 Å². The lowest BCUT2D eigenvalue weighted by molar-refractivity contribution is 0.0679. The van der Waals surface area contributed by atoms with Gasteiger partial charge in [0.1, 0.15) is 5.16 Å². The van der Waals surface area contributed by atoms with Gasteiger partial charge in [0, 0.05) is 37.3 Å². The lowest BCUT2D eigenvalue weighted by Gasteiger charge is -2.34. The van der Waals surface area contributed by atoms with Crippen LogP contribution in [0.25, 0.3) is 11.4 Å². The third-order valence-corrected chi connectivity index (χ3v) is 5.27. The molecule has 34 heavy (non-hydrogen) atoms. The Morgan fingerprint density at radius 2 is 1.85 bits per heavy atom. The lowest BCUT2D eigenvalue weighted by Crippen LogP contribution is -2.50. The van der Waals surface area contributed by atoms with Crippen molar-refractivity contribution in [1.29, 1.82) is 0 Å². The van der Waals surface area contributed by atoms with Crippen molar-refractivity contribution in [3.8, 4) is 11.4 Å². The largest absolute Gasteiger partial charge is 0.422 e. The SMILES string of the molecule is C=C(Cl)/N=C1/N=C(N2CCN(C(=O)c3ccc(-c4nnn(CC(C)(C)C)n4)cc3)CC2)OC1=C. The first kappa shape index (κ1) is 23.6. The molecule has 1 saturated heterocycles. The van der Waals surface area contributed by atoms with Gasteiger partial charge in [-0.05, 0) is 22.8 Å². The van der Waals surface area contributed by atoms with Crippen LogP contribution in [0.3, 0.4) is 0 Å². The van der Waals surface area contributed by atoms with Gasteiger partial charge in [-0.2, -0.15) is 9.79 Å². The molecular formula is C23H27ClN8O2. The van der Waals surface area contributed by atoms with Crippen LogP contribution in [0.5, 0.6) is 0 Å². The number of rotatable bonds is 4. The number of aliphatic imine (C=N–C) groups is 2. The smallest absolute Gasteiger partial charge is 0.300 e. The Bertz CT molecular complexity index is 1170. The fourth-order valence-electron chi connectivity index (χ4n) is 3.56. The summed E-state index contributed by atoms with van der Waals surface area (Å²) in [5.41, 5.74) is 1.48. The van der Waals surface area contributed by atoms with E-state index in [2.05, 4.69) is 59.3 Å². The highest BCUT2D eigenvalue weighted by molar-refractivity contribution is 6.30. The van der Waals surface area contributed by atoms with Crippen LogP contribution in [-0.4, -0.2) is 74.0 Å². The zero-order chi connectivity index (χ0) is 24.5. The summed E-state index contributed by atoms with van der Waals surface area (Å²) in [6.45, 7) is 16.6. The van der Waals surface area contributed by atoms with Gasteiger partial charge in [-0.1, -0.05) is 57.7 Å². The zero-order valence-electron chi connectivity index (χ0n) is 19.5. The average molecular weight is 483 g/mol. The second-order valence-corrected chi connectivity index (χ2v) is 9.73. The van der Waals surface area contributed by atoms with E-state index >= 15 is 0 Å². The summed E-state index contributed by atoms with van der Waals surface area (Å²) in [6.07, 6.45) is 0. The van der Waals surface area contributed by atoms with E-state index in [0.717, 1.165) is 5.56 Å². The van der Waals surface area contributed by atoms with Gasteiger partial charge in [0.25, 0.3) is 11.9 Å². The van der Waals surface area contributed by atoms with E-state index < -0.39 is 0 Å². The van der Waals surface area contributed by atoms with Crippen LogP contribution in [0, 0.1) is 5.41 Å². The molecule has 10 nitrogen and oxygen atoms in total. The minimum atomic E-state index is -0.0325. The van der Waals surface area contributed by atoms with E-state index in [1.54, 1.807) is 16.9 Å². The van der Waals surface area contributed by atoms with Crippen molar-refractivity contribution in [2.24, 2.45) is 15.4 Å². The van der Waals surface area contributed by atoms with Crippen LogP contribution in [0.1, 0.15) is 31.1 Å². The summed E-state index contributed by atoms with van der Waals surface area (Å²) in [5.74, 6) is 1.14. The number of amidine groups is 2. The molecule has 0 unspecified atom stereocenters. The molecule has 1 fully saturated rings. The van der Waals surface area contributed by atoms with Crippen molar-refractivity contribution in [3.05, 3.63) is 53.9 Å². The van der Waals surface area contributed by atoms with E-state index in [1.165, 1.54) is 0 Å². The number of nitrogens with zero attached hydrogens (tertiary/aromatic N) is 8. The molecule has 178 valence electrons. The lowest BCUT2D eigenvalue weighted by atomic mass is 9.97. The molecule has 1 aromatic heterocycles.